The van der Waals surface area contributed by atoms with E-state index in [2.05, 4.69) is 5.32 Å². The van der Waals surface area contributed by atoms with Crippen LogP contribution in [0.3, 0.4) is 0 Å². The van der Waals surface area contributed by atoms with Crippen molar-refractivity contribution in [2.75, 3.05) is 30.8 Å². The molecule has 5 nitrogen and oxygen atoms in total. The Labute approximate surface area is 119 Å². The molecule has 0 spiro atoms. The first-order valence-electron chi connectivity index (χ1n) is 7.35. The minimum Gasteiger partial charge on any atom is -0.486 e. The van der Waals surface area contributed by atoms with Crippen molar-refractivity contribution < 1.29 is 14.6 Å². The Kier molecular flexibility index (Phi) is 3.87. The Bertz CT molecular complexity index is 478. The zero-order chi connectivity index (χ0) is 13.9. The summed E-state index contributed by atoms with van der Waals surface area (Å²) in [4.78, 5) is 0. The predicted octanol–water partition coefficient (Wildman–Crippen LogP) is 2.00. The van der Waals surface area contributed by atoms with E-state index < -0.39 is 0 Å². The van der Waals surface area contributed by atoms with Crippen molar-refractivity contribution in [3.05, 3.63) is 12.1 Å². The third-order valence-electron chi connectivity index (χ3n) is 4.14. The molecule has 1 fully saturated rings. The molecule has 1 aromatic rings. The number of hydrogen-bond donors (Lipinski definition) is 3. The van der Waals surface area contributed by atoms with Gasteiger partial charge in [-0.25, -0.2) is 0 Å². The minimum atomic E-state index is -0.199. The summed E-state index contributed by atoms with van der Waals surface area (Å²) >= 11 is 0. The quantitative estimate of drug-likeness (QED) is 0.737. The normalized spacial score (nSPS) is 25.2. The number of aliphatic hydroxyl groups excluding tert-OH is 1. The van der Waals surface area contributed by atoms with E-state index in [-0.39, 0.29) is 6.10 Å². The zero-order valence-corrected chi connectivity index (χ0v) is 11.6. The highest BCUT2D eigenvalue weighted by Crippen LogP contribution is 2.37. The van der Waals surface area contributed by atoms with E-state index in [4.69, 9.17) is 15.2 Å². The lowest BCUT2D eigenvalue weighted by molar-refractivity contribution is 0.0763. The van der Waals surface area contributed by atoms with E-state index in [1.807, 2.05) is 6.07 Å². The van der Waals surface area contributed by atoms with Crippen LogP contribution < -0.4 is 20.5 Å². The lowest BCUT2D eigenvalue weighted by atomic mass is 9.86. The summed E-state index contributed by atoms with van der Waals surface area (Å²) in [6.45, 7) is 1.87. The van der Waals surface area contributed by atoms with Crippen molar-refractivity contribution in [2.45, 2.75) is 31.8 Å². The number of aliphatic hydroxyl groups is 1. The average molecular weight is 278 g/mol. The summed E-state index contributed by atoms with van der Waals surface area (Å²) in [7, 11) is 0. The van der Waals surface area contributed by atoms with Crippen molar-refractivity contribution in [3.8, 4) is 11.5 Å². The number of ether oxygens (including phenoxy) is 2. The topological polar surface area (TPSA) is 76.7 Å². The zero-order valence-electron chi connectivity index (χ0n) is 11.6. The van der Waals surface area contributed by atoms with E-state index >= 15 is 0 Å². The molecule has 20 heavy (non-hydrogen) atoms. The van der Waals surface area contributed by atoms with E-state index in [0.717, 1.165) is 37.2 Å². The molecule has 3 rings (SSSR count). The molecule has 1 heterocycles. The third-order valence-corrected chi connectivity index (χ3v) is 4.14. The van der Waals surface area contributed by atoms with Crippen molar-refractivity contribution >= 4 is 11.4 Å². The lowest BCUT2D eigenvalue weighted by Gasteiger charge is -2.28. The van der Waals surface area contributed by atoms with Crippen LogP contribution >= 0.6 is 0 Å². The van der Waals surface area contributed by atoms with Gasteiger partial charge in [0.05, 0.1) is 17.5 Å². The summed E-state index contributed by atoms with van der Waals surface area (Å²) in [5, 5.41) is 13.3. The van der Waals surface area contributed by atoms with Gasteiger partial charge in [0.25, 0.3) is 0 Å². The van der Waals surface area contributed by atoms with Crippen LogP contribution in [0.1, 0.15) is 25.7 Å². The molecule has 0 saturated heterocycles. The standard InChI is InChI=1S/C15H22N2O3/c16-11-7-14-15(20-6-5-19-14)8-12(11)17-9-10-3-1-2-4-13(10)18/h7-8,10,13,17-18H,1-6,9,16H2. The Morgan fingerprint density at radius 2 is 1.85 bits per heavy atom. The number of nitrogen functional groups attached to an aromatic ring is 1. The van der Waals surface area contributed by atoms with Crippen LogP contribution in [0.25, 0.3) is 0 Å². The number of fused-ring (bicyclic) bond motifs is 1. The maximum Gasteiger partial charge on any atom is 0.163 e. The Morgan fingerprint density at radius 1 is 1.15 bits per heavy atom. The van der Waals surface area contributed by atoms with E-state index in [0.29, 0.717) is 30.6 Å². The fourth-order valence-electron chi connectivity index (χ4n) is 2.92. The first-order valence-corrected chi connectivity index (χ1v) is 7.35. The first-order chi connectivity index (χ1) is 9.74. The van der Waals surface area contributed by atoms with Gasteiger partial charge in [0, 0.05) is 24.6 Å². The van der Waals surface area contributed by atoms with Crippen molar-refractivity contribution in [2.24, 2.45) is 5.92 Å². The summed E-state index contributed by atoms with van der Waals surface area (Å²) in [6.07, 6.45) is 4.10. The number of hydrogen-bond acceptors (Lipinski definition) is 5. The molecular weight excluding hydrogens is 256 g/mol. The smallest absolute Gasteiger partial charge is 0.163 e. The molecular formula is C15H22N2O3. The van der Waals surface area contributed by atoms with Crippen molar-refractivity contribution in [1.29, 1.82) is 0 Å². The van der Waals surface area contributed by atoms with Crippen LogP contribution in [0.5, 0.6) is 11.5 Å². The molecule has 2 aliphatic rings. The Hall–Kier alpha value is -1.62. The average Bonchev–Trinajstić information content (AvgIpc) is 2.46. The molecule has 1 saturated carbocycles. The minimum absolute atomic E-state index is 0.199. The van der Waals surface area contributed by atoms with E-state index in [1.165, 1.54) is 6.42 Å². The van der Waals surface area contributed by atoms with Gasteiger partial charge in [-0.3, -0.25) is 0 Å². The second-order valence-electron chi connectivity index (χ2n) is 5.58. The van der Waals surface area contributed by atoms with Gasteiger partial charge in [-0.15, -0.1) is 0 Å². The van der Waals surface area contributed by atoms with Gasteiger partial charge in [0.15, 0.2) is 11.5 Å². The number of anilines is 2. The largest absolute Gasteiger partial charge is 0.486 e. The second-order valence-corrected chi connectivity index (χ2v) is 5.58. The van der Waals surface area contributed by atoms with Crippen molar-refractivity contribution in [1.82, 2.24) is 0 Å². The summed E-state index contributed by atoms with van der Waals surface area (Å²) in [6, 6.07) is 3.69. The predicted molar refractivity (Wildman–Crippen MR) is 78.3 cm³/mol. The van der Waals surface area contributed by atoms with Gasteiger partial charge < -0.3 is 25.6 Å². The molecule has 0 radical (unpaired) electrons. The molecule has 5 heteroatoms. The fraction of sp³-hybridized carbons (Fsp3) is 0.600. The number of benzene rings is 1. The van der Waals surface area contributed by atoms with Crippen LogP contribution in [0.4, 0.5) is 11.4 Å². The van der Waals surface area contributed by atoms with Crippen molar-refractivity contribution in [3.63, 3.8) is 0 Å². The molecule has 0 amide bonds. The highest BCUT2D eigenvalue weighted by molar-refractivity contribution is 5.72. The van der Waals surface area contributed by atoms with Crippen LogP contribution in [0.2, 0.25) is 0 Å². The maximum atomic E-state index is 9.99. The van der Waals surface area contributed by atoms with Gasteiger partial charge >= 0.3 is 0 Å². The van der Waals surface area contributed by atoms with Gasteiger partial charge in [-0.2, -0.15) is 0 Å². The van der Waals surface area contributed by atoms with E-state index in [1.54, 1.807) is 6.07 Å². The van der Waals surface area contributed by atoms with Crippen LogP contribution in [-0.4, -0.2) is 31.0 Å². The number of nitrogens with one attached hydrogen (secondary N) is 1. The maximum absolute atomic E-state index is 9.99. The fourth-order valence-corrected chi connectivity index (χ4v) is 2.92. The molecule has 1 aromatic carbocycles. The van der Waals surface area contributed by atoms with Gasteiger partial charge in [-0.05, 0) is 12.8 Å². The Morgan fingerprint density at radius 3 is 2.60 bits per heavy atom. The summed E-state index contributed by atoms with van der Waals surface area (Å²) in [5.74, 6) is 1.74. The highest BCUT2D eigenvalue weighted by atomic mass is 16.6. The molecule has 2 atom stereocenters. The second kappa shape index (κ2) is 5.79. The molecule has 2 unspecified atom stereocenters. The number of rotatable bonds is 3. The summed E-state index contributed by atoms with van der Waals surface area (Å²) < 4.78 is 11.1. The molecule has 1 aliphatic carbocycles. The molecule has 0 bridgehead atoms. The van der Waals surface area contributed by atoms with E-state index in [9.17, 15) is 5.11 Å². The molecule has 0 aromatic heterocycles. The third kappa shape index (κ3) is 2.77. The highest BCUT2D eigenvalue weighted by Gasteiger charge is 2.23. The first kappa shape index (κ1) is 13.4. The van der Waals surface area contributed by atoms with Gasteiger partial charge in [0.2, 0.25) is 0 Å². The van der Waals surface area contributed by atoms with Gasteiger partial charge in [0.1, 0.15) is 13.2 Å². The molecule has 4 N–H and O–H groups in total. The monoisotopic (exact) mass is 278 g/mol. The molecule has 1 aliphatic heterocycles. The SMILES string of the molecule is Nc1cc2c(cc1NCC1CCCCC1O)OCCO2. The lowest BCUT2D eigenvalue weighted by Crippen LogP contribution is -2.30. The van der Waals surface area contributed by atoms with Crippen LogP contribution in [-0.2, 0) is 0 Å². The Balaban J connectivity index is 1.67. The van der Waals surface area contributed by atoms with Crippen LogP contribution in [0, 0.1) is 5.92 Å². The number of nitrogens with two attached hydrogens (primary N) is 1. The van der Waals surface area contributed by atoms with Gasteiger partial charge in [-0.1, -0.05) is 12.8 Å². The van der Waals surface area contributed by atoms with Crippen LogP contribution in [0.15, 0.2) is 12.1 Å². The summed E-state index contributed by atoms with van der Waals surface area (Å²) in [5.41, 5.74) is 7.54. The molecule has 110 valence electrons.